The van der Waals surface area contributed by atoms with Crippen LogP contribution in [0.1, 0.15) is 59.8 Å². The van der Waals surface area contributed by atoms with Crippen LogP contribution in [-0.4, -0.2) is 22.9 Å². The fourth-order valence-corrected chi connectivity index (χ4v) is 5.13. The number of aliphatic carboxylic acids is 1. The standard InChI is InChI=1S/C18H24N2O4S/c1-10-6-7-11-14(9-25-15(11)8-10)17(22)20-19-16(21)12-4-2-3-5-13(12)18(23)24/h9-10,12-13H,2-8H2,1H3,(H,19,21)(H,20,22)(H,23,24). The molecular formula is C18H24N2O4S. The van der Waals surface area contributed by atoms with Gasteiger partial charge in [-0.25, -0.2) is 0 Å². The summed E-state index contributed by atoms with van der Waals surface area (Å²) in [5, 5.41) is 11.1. The number of carbonyl (C=O) groups excluding carboxylic acids is 2. The lowest BCUT2D eigenvalue weighted by Crippen LogP contribution is -2.48. The Morgan fingerprint density at radius 2 is 1.84 bits per heavy atom. The summed E-state index contributed by atoms with van der Waals surface area (Å²) in [5.41, 5.74) is 6.65. The second kappa shape index (κ2) is 7.56. The number of thiophene rings is 1. The van der Waals surface area contributed by atoms with E-state index < -0.39 is 23.7 Å². The van der Waals surface area contributed by atoms with Crippen molar-refractivity contribution in [2.75, 3.05) is 0 Å². The van der Waals surface area contributed by atoms with Gasteiger partial charge < -0.3 is 5.11 Å². The fourth-order valence-electron chi connectivity index (χ4n) is 3.89. The van der Waals surface area contributed by atoms with Crippen molar-refractivity contribution in [3.05, 3.63) is 21.4 Å². The average Bonchev–Trinajstić information content (AvgIpc) is 3.02. The number of hydrogen-bond donors (Lipinski definition) is 3. The molecule has 0 aliphatic heterocycles. The lowest BCUT2D eigenvalue weighted by atomic mass is 9.79. The van der Waals surface area contributed by atoms with E-state index in [4.69, 9.17) is 0 Å². The van der Waals surface area contributed by atoms with Gasteiger partial charge in [-0.05, 0) is 43.6 Å². The van der Waals surface area contributed by atoms with Gasteiger partial charge in [0.15, 0.2) is 0 Å². The Kier molecular flexibility index (Phi) is 5.42. The van der Waals surface area contributed by atoms with Gasteiger partial charge in [-0.1, -0.05) is 19.8 Å². The van der Waals surface area contributed by atoms with Crippen molar-refractivity contribution in [1.82, 2.24) is 10.9 Å². The van der Waals surface area contributed by atoms with Crippen LogP contribution < -0.4 is 10.9 Å². The first-order valence-electron chi connectivity index (χ1n) is 8.89. The highest BCUT2D eigenvalue weighted by molar-refractivity contribution is 7.10. The number of nitrogens with one attached hydrogen (secondary N) is 2. The van der Waals surface area contributed by atoms with Crippen LogP contribution in [0.25, 0.3) is 0 Å². The normalized spacial score (nSPS) is 25.7. The zero-order chi connectivity index (χ0) is 18.0. The molecule has 2 aliphatic carbocycles. The van der Waals surface area contributed by atoms with Gasteiger partial charge in [-0.2, -0.15) is 0 Å². The topological polar surface area (TPSA) is 95.5 Å². The molecule has 3 rings (SSSR count). The van der Waals surface area contributed by atoms with E-state index in [1.54, 1.807) is 11.3 Å². The number of rotatable bonds is 3. The van der Waals surface area contributed by atoms with Crippen LogP contribution in [0.3, 0.4) is 0 Å². The molecule has 0 radical (unpaired) electrons. The molecule has 1 aromatic heterocycles. The van der Waals surface area contributed by atoms with Crippen molar-refractivity contribution in [2.45, 2.75) is 51.9 Å². The smallest absolute Gasteiger partial charge is 0.307 e. The molecule has 136 valence electrons. The van der Waals surface area contributed by atoms with Crippen LogP contribution >= 0.6 is 11.3 Å². The van der Waals surface area contributed by atoms with Crippen LogP contribution in [0.5, 0.6) is 0 Å². The second-order valence-electron chi connectivity index (χ2n) is 7.18. The number of fused-ring (bicyclic) bond motifs is 1. The van der Waals surface area contributed by atoms with Gasteiger partial charge in [0.1, 0.15) is 0 Å². The van der Waals surface area contributed by atoms with Crippen molar-refractivity contribution in [3.8, 4) is 0 Å². The molecule has 2 amide bonds. The molecule has 1 heterocycles. The lowest BCUT2D eigenvalue weighted by Gasteiger charge is -2.27. The zero-order valence-corrected chi connectivity index (χ0v) is 15.2. The van der Waals surface area contributed by atoms with E-state index >= 15 is 0 Å². The van der Waals surface area contributed by atoms with Crippen molar-refractivity contribution in [2.24, 2.45) is 17.8 Å². The average molecular weight is 364 g/mol. The number of amides is 2. The number of carbonyl (C=O) groups is 3. The molecule has 2 aliphatic rings. The van der Waals surface area contributed by atoms with E-state index in [0.29, 0.717) is 24.3 Å². The van der Waals surface area contributed by atoms with Crippen LogP contribution in [0, 0.1) is 17.8 Å². The zero-order valence-electron chi connectivity index (χ0n) is 14.3. The van der Waals surface area contributed by atoms with E-state index in [1.165, 1.54) is 4.88 Å². The van der Waals surface area contributed by atoms with E-state index in [0.717, 1.165) is 37.7 Å². The van der Waals surface area contributed by atoms with Crippen molar-refractivity contribution in [3.63, 3.8) is 0 Å². The summed E-state index contributed by atoms with van der Waals surface area (Å²) in [6.45, 7) is 2.21. The van der Waals surface area contributed by atoms with Gasteiger partial charge in [0, 0.05) is 10.3 Å². The van der Waals surface area contributed by atoms with Crippen LogP contribution in [0.4, 0.5) is 0 Å². The molecule has 3 atom stereocenters. The van der Waals surface area contributed by atoms with Gasteiger partial charge in [0.25, 0.3) is 5.91 Å². The summed E-state index contributed by atoms with van der Waals surface area (Å²) in [6.07, 6.45) is 5.68. The second-order valence-corrected chi connectivity index (χ2v) is 8.14. The predicted molar refractivity (Wildman–Crippen MR) is 94.2 cm³/mol. The molecule has 3 unspecified atom stereocenters. The third-order valence-electron chi connectivity index (χ3n) is 5.37. The van der Waals surface area contributed by atoms with Crippen LogP contribution in [0.2, 0.25) is 0 Å². The lowest BCUT2D eigenvalue weighted by molar-refractivity contribution is -0.149. The molecule has 6 nitrogen and oxygen atoms in total. The Labute approximate surface area is 151 Å². The Morgan fingerprint density at radius 3 is 2.56 bits per heavy atom. The Balaban J connectivity index is 1.61. The number of carboxylic acids is 1. The Hall–Kier alpha value is -1.89. The van der Waals surface area contributed by atoms with Gasteiger partial charge in [-0.3, -0.25) is 25.2 Å². The van der Waals surface area contributed by atoms with E-state index in [2.05, 4.69) is 17.8 Å². The molecule has 0 spiro atoms. The van der Waals surface area contributed by atoms with Gasteiger partial charge in [0.05, 0.1) is 17.4 Å². The van der Waals surface area contributed by atoms with Crippen molar-refractivity contribution >= 4 is 29.1 Å². The van der Waals surface area contributed by atoms with Crippen LogP contribution in [0.15, 0.2) is 5.38 Å². The number of carboxylic acid groups (broad SMARTS) is 1. The van der Waals surface area contributed by atoms with Gasteiger partial charge in [-0.15, -0.1) is 11.3 Å². The molecule has 1 aromatic rings. The summed E-state index contributed by atoms with van der Waals surface area (Å²) in [7, 11) is 0. The molecule has 1 fully saturated rings. The minimum atomic E-state index is -0.938. The van der Waals surface area contributed by atoms with E-state index in [-0.39, 0.29) is 5.91 Å². The SMILES string of the molecule is CC1CCc2c(C(=O)NNC(=O)C3CCCCC3C(=O)O)csc2C1. The quantitative estimate of drug-likeness (QED) is 0.718. The highest BCUT2D eigenvalue weighted by Gasteiger charge is 2.36. The largest absolute Gasteiger partial charge is 0.481 e. The first-order chi connectivity index (χ1) is 12.0. The summed E-state index contributed by atoms with van der Waals surface area (Å²) in [4.78, 5) is 37.3. The van der Waals surface area contributed by atoms with E-state index in [1.807, 2.05) is 5.38 Å². The van der Waals surface area contributed by atoms with Gasteiger partial charge >= 0.3 is 5.97 Å². The van der Waals surface area contributed by atoms with Crippen LogP contribution in [-0.2, 0) is 22.4 Å². The predicted octanol–water partition coefficient (Wildman–Crippen LogP) is 2.52. The van der Waals surface area contributed by atoms with Crippen molar-refractivity contribution in [1.29, 1.82) is 0 Å². The molecule has 0 aromatic carbocycles. The third-order valence-corrected chi connectivity index (χ3v) is 6.42. The summed E-state index contributed by atoms with van der Waals surface area (Å²) >= 11 is 1.60. The summed E-state index contributed by atoms with van der Waals surface area (Å²) < 4.78 is 0. The summed E-state index contributed by atoms with van der Waals surface area (Å²) in [6, 6.07) is 0. The van der Waals surface area contributed by atoms with Crippen molar-refractivity contribution < 1.29 is 19.5 Å². The number of hydrazine groups is 1. The number of hydrogen-bond acceptors (Lipinski definition) is 4. The fraction of sp³-hybridized carbons (Fsp3) is 0.611. The maximum atomic E-state index is 12.4. The molecule has 1 saturated carbocycles. The Bertz CT molecular complexity index is 685. The first-order valence-corrected chi connectivity index (χ1v) is 9.77. The molecule has 3 N–H and O–H groups in total. The highest BCUT2D eigenvalue weighted by Crippen LogP contribution is 2.33. The maximum absolute atomic E-state index is 12.4. The highest BCUT2D eigenvalue weighted by atomic mass is 32.1. The molecule has 7 heteroatoms. The first kappa shape index (κ1) is 17.9. The molecule has 0 saturated heterocycles. The minimum absolute atomic E-state index is 0.317. The Morgan fingerprint density at radius 1 is 1.12 bits per heavy atom. The molecule has 25 heavy (non-hydrogen) atoms. The van der Waals surface area contributed by atoms with E-state index in [9.17, 15) is 19.5 Å². The molecule has 0 bridgehead atoms. The molecular weight excluding hydrogens is 340 g/mol. The summed E-state index contributed by atoms with van der Waals surface area (Å²) in [5.74, 6) is -2.26. The third kappa shape index (κ3) is 3.86. The van der Waals surface area contributed by atoms with Gasteiger partial charge in [0.2, 0.25) is 5.91 Å². The minimum Gasteiger partial charge on any atom is -0.481 e. The monoisotopic (exact) mass is 364 g/mol. The maximum Gasteiger partial charge on any atom is 0.307 e.